The number of halogens is 1. The lowest BCUT2D eigenvalue weighted by molar-refractivity contribution is 0.405. The first-order valence-corrected chi connectivity index (χ1v) is 7.98. The fraction of sp³-hybridized carbons (Fsp3) is 0.158. The van der Waals surface area contributed by atoms with Crippen LogP contribution in [0.1, 0.15) is 5.56 Å². The van der Waals surface area contributed by atoms with Crippen LogP contribution in [0.2, 0.25) is 0 Å². The van der Waals surface area contributed by atoms with E-state index < -0.39 is 0 Å². The van der Waals surface area contributed by atoms with Crippen LogP contribution in [0, 0.1) is 5.82 Å². The molecule has 134 valence electrons. The van der Waals surface area contributed by atoms with Crippen LogP contribution in [0.15, 0.2) is 54.9 Å². The standard InChI is InChI=1S/C19H19FN4O2/c1-25-14-7-8-17(26-2)16(9-14)24-19-10-18(22-12-23-19)21-11-13-5-3-4-6-15(13)20/h3-10,12H,11H2,1-2H3,(H2,21,22,23,24). The number of methoxy groups -OCH3 is 2. The highest BCUT2D eigenvalue weighted by Crippen LogP contribution is 2.31. The van der Waals surface area contributed by atoms with Gasteiger partial charge in [-0.15, -0.1) is 0 Å². The lowest BCUT2D eigenvalue weighted by Gasteiger charge is -2.13. The lowest BCUT2D eigenvalue weighted by atomic mass is 10.2. The average Bonchev–Trinajstić information content (AvgIpc) is 2.67. The summed E-state index contributed by atoms with van der Waals surface area (Å²) < 4.78 is 24.3. The molecule has 0 spiro atoms. The summed E-state index contributed by atoms with van der Waals surface area (Å²) in [5.41, 5.74) is 1.28. The maximum absolute atomic E-state index is 13.7. The third kappa shape index (κ3) is 4.18. The lowest BCUT2D eigenvalue weighted by Crippen LogP contribution is -2.05. The van der Waals surface area contributed by atoms with E-state index in [1.807, 2.05) is 12.1 Å². The normalized spacial score (nSPS) is 10.3. The second kappa shape index (κ2) is 8.15. The Kier molecular flexibility index (Phi) is 5.48. The second-order valence-electron chi connectivity index (χ2n) is 5.42. The van der Waals surface area contributed by atoms with Gasteiger partial charge in [0.1, 0.15) is 35.3 Å². The van der Waals surface area contributed by atoms with Crippen LogP contribution in [-0.2, 0) is 6.54 Å². The largest absolute Gasteiger partial charge is 0.497 e. The summed E-state index contributed by atoms with van der Waals surface area (Å²) in [6.45, 7) is 0.325. The molecule has 0 aliphatic heterocycles. The molecule has 1 heterocycles. The van der Waals surface area contributed by atoms with Crippen LogP contribution in [0.25, 0.3) is 0 Å². The molecule has 0 saturated carbocycles. The molecule has 0 aliphatic carbocycles. The van der Waals surface area contributed by atoms with Crippen molar-refractivity contribution in [2.24, 2.45) is 0 Å². The van der Waals surface area contributed by atoms with Gasteiger partial charge in [0.05, 0.1) is 19.9 Å². The van der Waals surface area contributed by atoms with Crippen molar-refractivity contribution in [2.45, 2.75) is 6.54 Å². The van der Waals surface area contributed by atoms with Crippen molar-refractivity contribution in [1.82, 2.24) is 9.97 Å². The number of ether oxygens (including phenoxy) is 2. The Balaban J connectivity index is 1.74. The highest BCUT2D eigenvalue weighted by atomic mass is 19.1. The van der Waals surface area contributed by atoms with Crippen LogP contribution in [0.3, 0.4) is 0 Å². The van der Waals surface area contributed by atoms with Gasteiger partial charge in [-0.1, -0.05) is 18.2 Å². The minimum atomic E-state index is -0.256. The smallest absolute Gasteiger partial charge is 0.142 e. The zero-order valence-corrected chi connectivity index (χ0v) is 14.5. The van der Waals surface area contributed by atoms with E-state index in [4.69, 9.17) is 9.47 Å². The molecule has 0 radical (unpaired) electrons. The summed E-state index contributed by atoms with van der Waals surface area (Å²) in [6.07, 6.45) is 1.43. The molecule has 0 saturated heterocycles. The predicted octanol–water partition coefficient (Wildman–Crippen LogP) is 3.99. The summed E-state index contributed by atoms with van der Waals surface area (Å²) in [7, 11) is 3.19. The van der Waals surface area contributed by atoms with Crippen molar-refractivity contribution < 1.29 is 13.9 Å². The van der Waals surface area contributed by atoms with E-state index in [2.05, 4.69) is 20.6 Å². The van der Waals surface area contributed by atoms with E-state index in [0.717, 1.165) is 0 Å². The monoisotopic (exact) mass is 354 g/mol. The van der Waals surface area contributed by atoms with Gasteiger partial charge in [-0.3, -0.25) is 0 Å². The van der Waals surface area contributed by atoms with Gasteiger partial charge in [0.15, 0.2) is 0 Å². The van der Waals surface area contributed by atoms with E-state index >= 15 is 0 Å². The molecule has 3 aromatic rings. The summed E-state index contributed by atoms with van der Waals surface area (Å²) >= 11 is 0. The molecule has 0 amide bonds. The Morgan fingerprint density at radius 3 is 2.54 bits per heavy atom. The van der Waals surface area contributed by atoms with E-state index in [9.17, 15) is 4.39 Å². The van der Waals surface area contributed by atoms with Crippen molar-refractivity contribution >= 4 is 17.3 Å². The van der Waals surface area contributed by atoms with Crippen LogP contribution < -0.4 is 20.1 Å². The minimum absolute atomic E-state index is 0.256. The van der Waals surface area contributed by atoms with E-state index in [-0.39, 0.29) is 5.82 Å². The van der Waals surface area contributed by atoms with Crippen molar-refractivity contribution in [3.63, 3.8) is 0 Å². The topological polar surface area (TPSA) is 68.3 Å². The SMILES string of the molecule is COc1ccc(OC)c(Nc2cc(NCc3ccccc3F)ncn2)c1. The summed E-state index contributed by atoms with van der Waals surface area (Å²) in [5, 5.41) is 6.27. The molecule has 0 atom stereocenters. The number of hydrogen-bond acceptors (Lipinski definition) is 6. The van der Waals surface area contributed by atoms with E-state index in [1.54, 1.807) is 44.6 Å². The van der Waals surface area contributed by atoms with Gasteiger partial charge in [0.2, 0.25) is 0 Å². The molecule has 7 heteroatoms. The highest BCUT2D eigenvalue weighted by molar-refractivity contribution is 5.67. The molecule has 0 fully saturated rings. The Labute approximate surface area is 151 Å². The minimum Gasteiger partial charge on any atom is -0.497 e. The number of nitrogens with zero attached hydrogens (tertiary/aromatic N) is 2. The molecule has 3 rings (SSSR count). The molecule has 2 N–H and O–H groups in total. The Morgan fingerprint density at radius 2 is 1.77 bits per heavy atom. The highest BCUT2D eigenvalue weighted by Gasteiger charge is 2.07. The third-order valence-corrected chi connectivity index (χ3v) is 3.75. The summed E-state index contributed by atoms with van der Waals surface area (Å²) in [5.74, 6) is 2.24. The second-order valence-corrected chi connectivity index (χ2v) is 5.42. The maximum Gasteiger partial charge on any atom is 0.142 e. The van der Waals surface area contributed by atoms with Gasteiger partial charge < -0.3 is 20.1 Å². The Hall–Kier alpha value is -3.35. The van der Waals surface area contributed by atoms with Crippen molar-refractivity contribution in [2.75, 3.05) is 24.9 Å². The number of anilines is 3. The fourth-order valence-electron chi connectivity index (χ4n) is 2.40. The number of nitrogens with one attached hydrogen (secondary N) is 2. The predicted molar refractivity (Wildman–Crippen MR) is 98.6 cm³/mol. The molecule has 0 bridgehead atoms. The molecular weight excluding hydrogens is 335 g/mol. The van der Waals surface area contributed by atoms with E-state index in [0.29, 0.717) is 40.9 Å². The van der Waals surface area contributed by atoms with Crippen LogP contribution in [0.5, 0.6) is 11.5 Å². The molecule has 6 nitrogen and oxygen atoms in total. The zero-order valence-electron chi connectivity index (χ0n) is 14.5. The van der Waals surface area contributed by atoms with Gasteiger partial charge in [-0.2, -0.15) is 0 Å². The van der Waals surface area contributed by atoms with Gasteiger partial charge in [-0.25, -0.2) is 14.4 Å². The Morgan fingerprint density at radius 1 is 0.962 bits per heavy atom. The van der Waals surface area contributed by atoms with Crippen molar-refractivity contribution in [1.29, 1.82) is 0 Å². The summed E-state index contributed by atoms with van der Waals surface area (Å²) in [6, 6.07) is 13.8. The van der Waals surface area contributed by atoms with Crippen LogP contribution >= 0.6 is 0 Å². The van der Waals surface area contributed by atoms with Gasteiger partial charge in [-0.05, 0) is 18.2 Å². The first-order valence-electron chi connectivity index (χ1n) is 7.98. The van der Waals surface area contributed by atoms with Gasteiger partial charge in [0.25, 0.3) is 0 Å². The molecule has 26 heavy (non-hydrogen) atoms. The number of aromatic nitrogens is 2. The fourth-order valence-corrected chi connectivity index (χ4v) is 2.40. The first kappa shape index (κ1) is 17.5. The molecule has 2 aromatic carbocycles. The molecular formula is C19H19FN4O2. The first-order chi connectivity index (χ1) is 12.7. The van der Waals surface area contributed by atoms with Crippen LogP contribution in [-0.4, -0.2) is 24.2 Å². The van der Waals surface area contributed by atoms with Crippen molar-refractivity contribution in [3.05, 3.63) is 66.2 Å². The molecule has 0 aliphatic rings. The number of benzene rings is 2. The number of hydrogen-bond donors (Lipinski definition) is 2. The summed E-state index contributed by atoms with van der Waals surface area (Å²) in [4.78, 5) is 8.37. The van der Waals surface area contributed by atoms with Gasteiger partial charge >= 0.3 is 0 Å². The zero-order chi connectivity index (χ0) is 18.4. The maximum atomic E-state index is 13.7. The van der Waals surface area contributed by atoms with Gasteiger partial charge in [0, 0.05) is 24.2 Å². The third-order valence-electron chi connectivity index (χ3n) is 3.75. The van der Waals surface area contributed by atoms with E-state index in [1.165, 1.54) is 12.4 Å². The average molecular weight is 354 g/mol. The van der Waals surface area contributed by atoms with Crippen LogP contribution in [0.4, 0.5) is 21.7 Å². The molecule has 0 unspecified atom stereocenters. The number of rotatable bonds is 7. The quantitative estimate of drug-likeness (QED) is 0.669. The van der Waals surface area contributed by atoms with Crippen molar-refractivity contribution in [3.8, 4) is 11.5 Å². The molecule has 1 aromatic heterocycles. The Bertz CT molecular complexity index is 889.